The van der Waals surface area contributed by atoms with Crippen LogP contribution < -0.4 is 27.4 Å². The predicted octanol–water partition coefficient (Wildman–Crippen LogP) is -2.83. The number of rotatable bonds is 12. The lowest BCUT2D eigenvalue weighted by Crippen LogP contribution is -2.58. The molecule has 166 valence electrons. The number of hydrogen-bond donors (Lipinski definition) is 7. The molecule has 0 aromatic rings. The van der Waals surface area contributed by atoms with E-state index in [0.717, 1.165) is 0 Å². The first-order valence-corrected chi connectivity index (χ1v) is 9.17. The number of carboxylic acids is 1. The van der Waals surface area contributed by atoms with Crippen LogP contribution in [0.2, 0.25) is 0 Å². The molecule has 0 aromatic carbocycles. The summed E-state index contributed by atoms with van der Waals surface area (Å²) in [6.07, 6.45) is -1.25. The van der Waals surface area contributed by atoms with Crippen LogP contribution in [0.25, 0.3) is 0 Å². The number of carbonyl (C=O) groups is 5. The van der Waals surface area contributed by atoms with Crippen LogP contribution in [-0.4, -0.2) is 70.1 Å². The Hall–Kier alpha value is -2.73. The van der Waals surface area contributed by atoms with Gasteiger partial charge in [0.05, 0.1) is 12.5 Å². The Morgan fingerprint density at radius 1 is 0.931 bits per heavy atom. The van der Waals surface area contributed by atoms with Crippen molar-refractivity contribution in [2.24, 2.45) is 17.4 Å². The summed E-state index contributed by atoms with van der Waals surface area (Å²) in [5.74, 6) is -5.07. The second-order valence-corrected chi connectivity index (χ2v) is 6.94. The Balaban J connectivity index is 5.20. The molecule has 9 N–H and O–H groups in total. The maximum absolute atomic E-state index is 12.5. The van der Waals surface area contributed by atoms with E-state index in [0.29, 0.717) is 6.42 Å². The molecule has 0 rings (SSSR count). The molecular weight excluding hydrogens is 386 g/mol. The third-order valence-corrected chi connectivity index (χ3v) is 4.39. The maximum Gasteiger partial charge on any atom is 0.326 e. The molecule has 0 aliphatic heterocycles. The van der Waals surface area contributed by atoms with E-state index in [9.17, 15) is 34.2 Å². The van der Waals surface area contributed by atoms with Crippen molar-refractivity contribution in [2.45, 2.75) is 70.8 Å². The maximum atomic E-state index is 12.5. The molecule has 0 spiro atoms. The summed E-state index contributed by atoms with van der Waals surface area (Å²) in [6, 6.07) is -5.07. The van der Waals surface area contributed by atoms with Gasteiger partial charge in [0.15, 0.2) is 0 Å². The molecule has 0 fully saturated rings. The van der Waals surface area contributed by atoms with Gasteiger partial charge in [0.2, 0.25) is 23.6 Å². The van der Waals surface area contributed by atoms with E-state index in [-0.39, 0.29) is 0 Å². The summed E-state index contributed by atoms with van der Waals surface area (Å²) < 4.78 is 0. The fourth-order valence-electron chi connectivity index (χ4n) is 2.24. The fourth-order valence-corrected chi connectivity index (χ4v) is 2.24. The number of nitrogens with one attached hydrogen (secondary N) is 3. The highest BCUT2D eigenvalue weighted by atomic mass is 16.4. The van der Waals surface area contributed by atoms with E-state index >= 15 is 0 Å². The van der Waals surface area contributed by atoms with Crippen molar-refractivity contribution in [3.05, 3.63) is 0 Å². The van der Waals surface area contributed by atoms with Crippen molar-refractivity contribution < 1.29 is 34.2 Å². The van der Waals surface area contributed by atoms with Gasteiger partial charge in [-0.2, -0.15) is 0 Å². The molecule has 12 heteroatoms. The van der Waals surface area contributed by atoms with Crippen LogP contribution in [0, 0.1) is 5.92 Å². The molecule has 0 radical (unpaired) electrons. The molecule has 29 heavy (non-hydrogen) atoms. The lowest BCUT2D eigenvalue weighted by atomic mass is 9.98. The quantitative estimate of drug-likeness (QED) is 0.175. The number of aliphatic hydroxyl groups excluding tert-OH is 1. The SMILES string of the molecule is CCC(C)C(NC(=O)C(CC(N)=O)NC(=O)C(C)NC(=O)C(N)C(C)O)C(=O)O. The number of primary amides is 1. The van der Waals surface area contributed by atoms with E-state index in [1.807, 2.05) is 0 Å². The summed E-state index contributed by atoms with van der Waals surface area (Å²) in [7, 11) is 0. The average Bonchev–Trinajstić information content (AvgIpc) is 2.62. The van der Waals surface area contributed by atoms with Gasteiger partial charge in [-0.1, -0.05) is 20.3 Å². The number of amides is 4. The minimum atomic E-state index is -1.43. The zero-order valence-corrected chi connectivity index (χ0v) is 17.0. The zero-order valence-electron chi connectivity index (χ0n) is 17.0. The third-order valence-electron chi connectivity index (χ3n) is 4.39. The molecule has 0 saturated heterocycles. The van der Waals surface area contributed by atoms with E-state index in [1.165, 1.54) is 13.8 Å². The van der Waals surface area contributed by atoms with Gasteiger partial charge in [0.1, 0.15) is 24.2 Å². The van der Waals surface area contributed by atoms with Crippen molar-refractivity contribution in [1.82, 2.24) is 16.0 Å². The monoisotopic (exact) mass is 417 g/mol. The summed E-state index contributed by atoms with van der Waals surface area (Å²) in [4.78, 5) is 59.2. The molecule has 0 aliphatic carbocycles. The number of aliphatic carboxylic acids is 1. The highest BCUT2D eigenvalue weighted by molar-refractivity contribution is 5.96. The second kappa shape index (κ2) is 12.0. The molecule has 0 heterocycles. The van der Waals surface area contributed by atoms with Crippen LogP contribution in [0.1, 0.15) is 40.5 Å². The first-order valence-electron chi connectivity index (χ1n) is 9.17. The van der Waals surface area contributed by atoms with Crippen LogP contribution in [0.15, 0.2) is 0 Å². The van der Waals surface area contributed by atoms with Crippen LogP contribution in [0.5, 0.6) is 0 Å². The van der Waals surface area contributed by atoms with Gasteiger partial charge in [0, 0.05) is 0 Å². The highest BCUT2D eigenvalue weighted by Crippen LogP contribution is 2.09. The molecule has 6 unspecified atom stereocenters. The van der Waals surface area contributed by atoms with Crippen LogP contribution in [0.3, 0.4) is 0 Å². The van der Waals surface area contributed by atoms with E-state index in [2.05, 4.69) is 16.0 Å². The van der Waals surface area contributed by atoms with Crippen molar-refractivity contribution in [3.63, 3.8) is 0 Å². The third kappa shape index (κ3) is 8.87. The Labute approximate surface area is 168 Å². The summed E-state index contributed by atoms with van der Waals surface area (Å²) >= 11 is 0. The van der Waals surface area contributed by atoms with Crippen molar-refractivity contribution in [1.29, 1.82) is 0 Å². The van der Waals surface area contributed by atoms with E-state index in [4.69, 9.17) is 11.5 Å². The Kier molecular flexibility index (Phi) is 10.8. The van der Waals surface area contributed by atoms with Crippen molar-refractivity contribution >= 4 is 29.6 Å². The Morgan fingerprint density at radius 2 is 1.48 bits per heavy atom. The second-order valence-electron chi connectivity index (χ2n) is 6.94. The minimum Gasteiger partial charge on any atom is -0.480 e. The van der Waals surface area contributed by atoms with E-state index in [1.54, 1.807) is 13.8 Å². The molecule has 0 aliphatic rings. The summed E-state index contributed by atoms with van der Waals surface area (Å²) in [6.45, 7) is 5.99. The fraction of sp³-hybridized carbons (Fsp3) is 0.706. The topological polar surface area (TPSA) is 214 Å². The minimum absolute atomic E-state index is 0.401. The van der Waals surface area contributed by atoms with Gasteiger partial charge in [-0.15, -0.1) is 0 Å². The van der Waals surface area contributed by atoms with Gasteiger partial charge in [-0.3, -0.25) is 19.2 Å². The molecule has 12 nitrogen and oxygen atoms in total. The first kappa shape index (κ1) is 26.3. The lowest BCUT2D eigenvalue weighted by molar-refractivity contribution is -0.144. The smallest absolute Gasteiger partial charge is 0.326 e. The Morgan fingerprint density at radius 3 is 1.90 bits per heavy atom. The molecule has 0 bridgehead atoms. The summed E-state index contributed by atoms with van der Waals surface area (Å²) in [5, 5.41) is 25.4. The Bertz CT molecular complexity index is 625. The van der Waals surface area contributed by atoms with Gasteiger partial charge < -0.3 is 37.6 Å². The van der Waals surface area contributed by atoms with Crippen molar-refractivity contribution in [3.8, 4) is 0 Å². The van der Waals surface area contributed by atoms with Gasteiger partial charge >= 0.3 is 5.97 Å². The predicted molar refractivity (Wildman–Crippen MR) is 102 cm³/mol. The highest BCUT2D eigenvalue weighted by Gasteiger charge is 2.31. The van der Waals surface area contributed by atoms with Crippen LogP contribution >= 0.6 is 0 Å². The van der Waals surface area contributed by atoms with Crippen LogP contribution in [0.4, 0.5) is 0 Å². The van der Waals surface area contributed by atoms with E-state index < -0.39 is 72.2 Å². The number of nitrogens with two attached hydrogens (primary N) is 2. The van der Waals surface area contributed by atoms with Gasteiger partial charge in [-0.25, -0.2) is 4.79 Å². The number of hydrogen-bond acceptors (Lipinski definition) is 7. The lowest BCUT2D eigenvalue weighted by Gasteiger charge is -2.25. The summed E-state index contributed by atoms with van der Waals surface area (Å²) in [5.41, 5.74) is 10.6. The van der Waals surface area contributed by atoms with Crippen molar-refractivity contribution in [2.75, 3.05) is 0 Å². The van der Waals surface area contributed by atoms with Gasteiger partial charge in [0.25, 0.3) is 0 Å². The number of carboxylic acid groups (broad SMARTS) is 1. The standard InChI is InChI=1S/C17H31N5O7/c1-5-7(2)13(17(28)29)22-15(26)10(6-11(18)24)21-14(25)8(3)20-16(27)12(19)9(4)23/h7-10,12-13,23H,5-6,19H2,1-4H3,(H2,18,24)(H,20,27)(H,21,25)(H,22,26)(H,28,29). The molecule has 0 saturated carbocycles. The zero-order chi connectivity index (χ0) is 22.9. The molecule has 4 amide bonds. The normalized spacial score (nSPS) is 17.0. The number of aliphatic hydroxyl groups is 1. The molecule has 6 atom stereocenters. The first-order chi connectivity index (χ1) is 13.3. The van der Waals surface area contributed by atoms with Gasteiger partial charge in [-0.05, 0) is 19.8 Å². The molecular formula is C17H31N5O7. The largest absolute Gasteiger partial charge is 0.480 e. The average molecular weight is 417 g/mol. The van der Waals surface area contributed by atoms with Crippen LogP contribution in [-0.2, 0) is 24.0 Å². The number of carbonyl (C=O) groups excluding carboxylic acids is 4. The molecule has 0 aromatic heterocycles.